The van der Waals surface area contributed by atoms with E-state index in [4.69, 9.17) is 4.18 Å². The summed E-state index contributed by atoms with van der Waals surface area (Å²) >= 11 is 0. The summed E-state index contributed by atoms with van der Waals surface area (Å²) in [5.74, 6) is 0.856. The van der Waals surface area contributed by atoms with E-state index < -0.39 is 10.1 Å². The fraction of sp³-hybridized carbons (Fsp3) is 0.0833. The number of aromatic nitrogens is 3. The van der Waals surface area contributed by atoms with E-state index in [9.17, 15) is 8.42 Å². The van der Waals surface area contributed by atoms with Crippen LogP contribution in [0.25, 0.3) is 11.4 Å². The van der Waals surface area contributed by atoms with E-state index in [1.807, 2.05) is 46.7 Å². The van der Waals surface area contributed by atoms with Crippen molar-refractivity contribution in [3.63, 3.8) is 0 Å². The van der Waals surface area contributed by atoms with Crippen molar-refractivity contribution < 1.29 is 12.6 Å². The number of benzene rings is 3. The quantitative estimate of drug-likeness (QED) is 0.426. The first-order valence-corrected chi connectivity index (χ1v) is 11.4. The first-order valence-electron chi connectivity index (χ1n) is 9.99. The maximum absolute atomic E-state index is 12.7. The zero-order chi connectivity index (χ0) is 22.3. The summed E-state index contributed by atoms with van der Waals surface area (Å²) in [4.78, 5) is 2.05. The zero-order valence-corrected chi connectivity index (χ0v) is 18.2. The Morgan fingerprint density at radius 3 is 2.50 bits per heavy atom. The number of hydrogen-bond acceptors (Lipinski definition) is 6. The fourth-order valence-electron chi connectivity index (χ4n) is 3.67. The Bertz CT molecular complexity index is 1410. The SMILES string of the molecule is C=C1c2cc(OS(=O)(=O)c3ccc(C)cc3)ccc2-n2cnnc2N1Cc1ccccc1. The van der Waals surface area contributed by atoms with Crippen LogP contribution in [-0.4, -0.2) is 23.2 Å². The highest BCUT2D eigenvalue weighted by Gasteiger charge is 2.28. The molecule has 0 spiro atoms. The van der Waals surface area contributed by atoms with Crippen molar-refractivity contribution in [2.75, 3.05) is 4.90 Å². The van der Waals surface area contributed by atoms with E-state index in [1.54, 1.807) is 36.7 Å². The van der Waals surface area contributed by atoms with Crippen LogP contribution in [0.4, 0.5) is 5.95 Å². The number of hydrogen-bond donors (Lipinski definition) is 0. The van der Waals surface area contributed by atoms with Gasteiger partial charge in [-0.15, -0.1) is 10.2 Å². The van der Waals surface area contributed by atoms with Crippen LogP contribution in [0, 0.1) is 6.92 Å². The lowest BCUT2D eigenvalue weighted by Crippen LogP contribution is -2.28. The van der Waals surface area contributed by atoms with Gasteiger partial charge < -0.3 is 9.08 Å². The smallest absolute Gasteiger partial charge is 0.339 e. The normalized spacial score (nSPS) is 12.9. The first kappa shape index (κ1) is 20.0. The van der Waals surface area contributed by atoms with Crippen LogP contribution in [-0.2, 0) is 16.7 Å². The molecule has 7 nitrogen and oxygen atoms in total. The van der Waals surface area contributed by atoms with Crippen molar-refractivity contribution >= 4 is 21.8 Å². The third-order valence-electron chi connectivity index (χ3n) is 5.33. The van der Waals surface area contributed by atoms with Crippen molar-refractivity contribution in [2.45, 2.75) is 18.4 Å². The highest BCUT2D eigenvalue weighted by Crippen LogP contribution is 2.38. The van der Waals surface area contributed by atoms with Crippen LogP contribution in [0.3, 0.4) is 0 Å². The number of fused-ring (bicyclic) bond motifs is 3. The molecule has 1 aliphatic rings. The third-order valence-corrected chi connectivity index (χ3v) is 6.60. The van der Waals surface area contributed by atoms with Crippen molar-refractivity contribution in [1.29, 1.82) is 0 Å². The standard InChI is InChI=1S/C24H20N4O3S/c1-17-8-11-21(12-9-17)32(29,30)31-20-10-13-23-22(14-20)18(2)27(24-26-25-16-28(23)24)15-19-6-4-3-5-7-19/h3-14,16H,2,15H2,1H3. The highest BCUT2D eigenvalue weighted by atomic mass is 32.2. The summed E-state index contributed by atoms with van der Waals surface area (Å²) in [6.07, 6.45) is 1.63. The van der Waals surface area contributed by atoms with Crippen LogP contribution >= 0.6 is 0 Å². The van der Waals surface area contributed by atoms with Crippen molar-refractivity contribution in [3.05, 3.63) is 102 Å². The van der Waals surface area contributed by atoms with E-state index in [0.29, 0.717) is 18.2 Å². The van der Waals surface area contributed by atoms with Crippen LogP contribution in [0.1, 0.15) is 16.7 Å². The fourth-order valence-corrected chi connectivity index (χ4v) is 4.59. The van der Waals surface area contributed by atoms with Gasteiger partial charge in [0.05, 0.1) is 12.2 Å². The minimum atomic E-state index is -3.96. The molecule has 0 unspecified atom stereocenters. The molecule has 0 radical (unpaired) electrons. The largest absolute Gasteiger partial charge is 0.379 e. The average Bonchev–Trinajstić information content (AvgIpc) is 3.27. The molecule has 0 saturated heterocycles. The lowest BCUT2D eigenvalue weighted by molar-refractivity contribution is 0.486. The second kappa shape index (κ2) is 7.65. The Kier molecular flexibility index (Phi) is 4.79. The summed E-state index contributed by atoms with van der Waals surface area (Å²) in [5, 5.41) is 8.32. The lowest BCUT2D eigenvalue weighted by atomic mass is 10.1. The van der Waals surface area contributed by atoms with Gasteiger partial charge in [0.1, 0.15) is 17.0 Å². The minimum absolute atomic E-state index is 0.103. The number of rotatable bonds is 5. The topological polar surface area (TPSA) is 77.3 Å². The van der Waals surface area contributed by atoms with Gasteiger partial charge in [-0.2, -0.15) is 8.42 Å². The van der Waals surface area contributed by atoms with E-state index in [0.717, 1.165) is 22.4 Å². The van der Waals surface area contributed by atoms with E-state index in [2.05, 4.69) is 16.8 Å². The number of nitrogens with zero attached hydrogens (tertiary/aromatic N) is 4. The number of anilines is 1. The maximum atomic E-state index is 12.7. The van der Waals surface area contributed by atoms with Gasteiger partial charge in [0.25, 0.3) is 0 Å². The molecular weight excluding hydrogens is 424 g/mol. The van der Waals surface area contributed by atoms with Crippen LogP contribution in [0.5, 0.6) is 5.75 Å². The van der Waals surface area contributed by atoms with Crippen molar-refractivity contribution in [2.24, 2.45) is 0 Å². The molecular formula is C24H20N4O3S. The highest BCUT2D eigenvalue weighted by molar-refractivity contribution is 7.87. The first-order chi connectivity index (χ1) is 15.4. The average molecular weight is 445 g/mol. The predicted molar refractivity (Wildman–Crippen MR) is 122 cm³/mol. The molecule has 1 aromatic heterocycles. The molecule has 5 rings (SSSR count). The molecule has 0 fully saturated rings. The molecule has 0 amide bonds. The molecule has 8 heteroatoms. The molecule has 1 aliphatic heterocycles. The van der Waals surface area contributed by atoms with Crippen molar-refractivity contribution in [3.8, 4) is 11.4 Å². The van der Waals surface area contributed by atoms with Gasteiger partial charge in [0.15, 0.2) is 0 Å². The Morgan fingerprint density at radius 2 is 1.75 bits per heavy atom. The van der Waals surface area contributed by atoms with Crippen molar-refractivity contribution in [1.82, 2.24) is 14.8 Å². The Labute approximate surface area is 186 Å². The maximum Gasteiger partial charge on any atom is 0.339 e. The third kappa shape index (κ3) is 3.54. The predicted octanol–water partition coefficient (Wildman–Crippen LogP) is 4.33. The van der Waals surface area contributed by atoms with Gasteiger partial charge in [-0.3, -0.25) is 4.57 Å². The van der Waals surface area contributed by atoms with E-state index >= 15 is 0 Å². The van der Waals surface area contributed by atoms with Crippen LogP contribution < -0.4 is 9.08 Å². The second-order valence-electron chi connectivity index (χ2n) is 7.55. The van der Waals surface area contributed by atoms with Gasteiger partial charge in [-0.1, -0.05) is 54.6 Å². The molecule has 0 saturated carbocycles. The second-order valence-corrected chi connectivity index (χ2v) is 9.10. The molecule has 0 aliphatic carbocycles. The summed E-state index contributed by atoms with van der Waals surface area (Å²) in [6.45, 7) is 6.70. The van der Waals surface area contributed by atoms with E-state index in [-0.39, 0.29) is 10.6 Å². The Morgan fingerprint density at radius 1 is 1.00 bits per heavy atom. The summed E-state index contributed by atoms with van der Waals surface area (Å²) in [5.41, 5.74) is 4.28. The van der Waals surface area contributed by atoms with Gasteiger partial charge in [-0.25, -0.2) is 0 Å². The molecule has 2 heterocycles. The molecule has 0 bridgehead atoms. The Hall–Kier alpha value is -3.91. The van der Waals surface area contributed by atoms with Crippen LogP contribution in [0.15, 0.2) is 90.6 Å². The molecule has 160 valence electrons. The Balaban J connectivity index is 1.51. The van der Waals surface area contributed by atoms with Gasteiger partial charge in [0.2, 0.25) is 5.95 Å². The lowest BCUT2D eigenvalue weighted by Gasteiger charge is -2.32. The van der Waals surface area contributed by atoms with Crippen LogP contribution in [0.2, 0.25) is 0 Å². The monoisotopic (exact) mass is 444 g/mol. The number of aryl methyl sites for hydroxylation is 1. The minimum Gasteiger partial charge on any atom is -0.379 e. The summed E-state index contributed by atoms with van der Waals surface area (Å²) < 4.78 is 32.8. The van der Waals surface area contributed by atoms with Gasteiger partial charge >= 0.3 is 10.1 Å². The molecule has 0 atom stereocenters. The molecule has 3 aromatic carbocycles. The van der Waals surface area contributed by atoms with Gasteiger partial charge in [0, 0.05) is 11.3 Å². The molecule has 32 heavy (non-hydrogen) atoms. The summed E-state index contributed by atoms with van der Waals surface area (Å²) in [6, 6.07) is 21.6. The molecule has 0 N–H and O–H groups in total. The summed E-state index contributed by atoms with van der Waals surface area (Å²) in [7, 11) is -3.96. The molecule has 4 aromatic rings. The van der Waals surface area contributed by atoms with Gasteiger partial charge in [-0.05, 0) is 42.8 Å². The zero-order valence-electron chi connectivity index (χ0n) is 17.3. The van der Waals surface area contributed by atoms with E-state index in [1.165, 1.54) is 12.1 Å².